The molecule has 0 aromatic carbocycles. The van der Waals surface area contributed by atoms with Crippen molar-refractivity contribution in [1.82, 2.24) is 10.2 Å². The van der Waals surface area contributed by atoms with E-state index in [0.29, 0.717) is 5.82 Å². The topological polar surface area (TPSA) is 40.0 Å². The van der Waals surface area contributed by atoms with Crippen LogP contribution >= 0.6 is 0 Å². The van der Waals surface area contributed by atoms with Gasteiger partial charge in [-0.2, -0.15) is 0 Å². The van der Waals surface area contributed by atoms with Gasteiger partial charge in [-0.3, -0.25) is 4.99 Å². The van der Waals surface area contributed by atoms with Crippen LogP contribution < -0.4 is 5.32 Å². The molecule has 0 aliphatic rings. The quantitative estimate of drug-likeness (QED) is 0.459. The lowest BCUT2D eigenvalue weighted by Gasteiger charge is -2.17. The number of aliphatic imine (C=N–C) groups is 2. The van der Waals surface area contributed by atoms with E-state index in [2.05, 4.69) is 28.6 Å². The summed E-state index contributed by atoms with van der Waals surface area (Å²) in [5, 5.41) is 3.04. The Bertz CT molecular complexity index is 174. The van der Waals surface area contributed by atoms with Gasteiger partial charge >= 0.3 is 0 Å². The highest BCUT2D eigenvalue weighted by Crippen LogP contribution is 1.97. The van der Waals surface area contributed by atoms with E-state index in [9.17, 15) is 0 Å². The standard InChI is InChI=1S/C8H16N4/c1-8(11-7-10-3)12(4)6-5-9-2/h7,9H,1,3,5-6H2,2,4H3/b11-7-. The van der Waals surface area contributed by atoms with Gasteiger partial charge < -0.3 is 10.2 Å². The van der Waals surface area contributed by atoms with Gasteiger partial charge in [-0.15, -0.1) is 0 Å². The Morgan fingerprint density at radius 3 is 2.83 bits per heavy atom. The number of likely N-dealkylation sites (N-methyl/N-ethyl adjacent to an activating group) is 2. The Hall–Kier alpha value is -1.16. The molecule has 0 aliphatic carbocycles. The van der Waals surface area contributed by atoms with Gasteiger partial charge in [0.15, 0.2) is 0 Å². The van der Waals surface area contributed by atoms with Crippen LogP contribution in [-0.4, -0.2) is 45.1 Å². The van der Waals surface area contributed by atoms with Gasteiger partial charge in [0.05, 0.1) is 0 Å². The smallest absolute Gasteiger partial charge is 0.122 e. The van der Waals surface area contributed by atoms with Crippen LogP contribution in [0.4, 0.5) is 0 Å². The average molecular weight is 168 g/mol. The SMILES string of the molecule is C=N/C=N\C(=C)N(C)CCNC. The lowest BCUT2D eigenvalue weighted by Crippen LogP contribution is -2.25. The van der Waals surface area contributed by atoms with Crippen molar-refractivity contribution in [2.75, 3.05) is 27.2 Å². The van der Waals surface area contributed by atoms with Crippen LogP contribution in [0.1, 0.15) is 0 Å². The molecule has 0 aliphatic heterocycles. The average Bonchev–Trinajstić information content (AvgIpc) is 2.10. The zero-order valence-corrected chi connectivity index (χ0v) is 7.75. The maximum absolute atomic E-state index is 3.94. The van der Waals surface area contributed by atoms with Crippen LogP contribution in [0, 0.1) is 0 Å². The summed E-state index contributed by atoms with van der Waals surface area (Å²) < 4.78 is 0. The lowest BCUT2D eigenvalue weighted by atomic mass is 10.5. The summed E-state index contributed by atoms with van der Waals surface area (Å²) >= 11 is 0. The second-order valence-corrected chi connectivity index (χ2v) is 2.37. The molecule has 0 heterocycles. The van der Waals surface area contributed by atoms with Crippen molar-refractivity contribution in [3.8, 4) is 0 Å². The summed E-state index contributed by atoms with van der Waals surface area (Å²) in [5.41, 5.74) is 0. The van der Waals surface area contributed by atoms with Gasteiger partial charge in [0.1, 0.15) is 12.2 Å². The molecule has 0 amide bonds. The van der Waals surface area contributed by atoms with E-state index in [1.54, 1.807) is 0 Å². The molecule has 0 aromatic rings. The summed E-state index contributed by atoms with van der Waals surface area (Å²) in [4.78, 5) is 9.38. The van der Waals surface area contributed by atoms with Gasteiger partial charge in [-0.05, 0) is 13.8 Å². The third kappa shape index (κ3) is 4.62. The molecule has 0 spiro atoms. The van der Waals surface area contributed by atoms with Crippen LogP contribution in [0.3, 0.4) is 0 Å². The first-order valence-corrected chi connectivity index (χ1v) is 3.75. The van der Waals surface area contributed by atoms with Crippen molar-refractivity contribution < 1.29 is 0 Å². The first-order valence-electron chi connectivity index (χ1n) is 3.75. The minimum atomic E-state index is 0.692. The first-order chi connectivity index (χ1) is 5.72. The third-order valence-corrected chi connectivity index (χ3v) is 1.43. The second-order valence-electron chi connectivity index (χ2n) is 2.37. The maximum atomic E-state index is 3.94. The fourth-order valence-corrected chi connectivity index (χ4v) is 0.615. The Kier molecular flexibility index (Phi) is 5.91. The normalized spacial score (nSPS) is 10.2. The first kappa shape index (κ1) is 10.8. The van der Waals surface area contributed by atoms with Gasteiger partial charge in [0.25, 0.3) is 0 Å². The van der Waals surface area contributed by atoms with E-state index >= 15 is 0 Å². The molecule has 1 N–H and O–H groups in total. The molecule has 0 aromatic heterocycles. The van der Waals surface area contributed by atoms with Gasteiger partial charge in [-0.25, -0.2) is 4.99 Å². The van der Waals surface area contributed by atoms with Crippen molar-refractivity contribution in [1.29, 1.82) is 0 Å². The summed E-state index contributed by atoms with van der Waals surface area (Å²) in [5.74, 6) is 0.692. The van der Waals surface area contributed by atoms with Crippen molar-refractivity contribution in [2.45, 2.75) is 0 Å². The fraction of sp³-hybridized carbons (Fsp3) is 0.500. The molecule has 0 atom stereocenters. The zero-order valence-electron chi connectivity index (χ0n) is 7.75. The molecule has 0 saturated heterocycles. The van der Waals surface area contributed by atoms with Crippen molar-refractivity contribution >= 4 is 13.1 Å². The van der Waals surface area contributed by atoms with E-state index < -0.39 is 0 Å². The van der Waals surface area contributed by atoms with E-state index in [1.807, 2.05) is 19.0 Å². The maximum Gasteiger partial charge on any atom is 0.122 e. The molecule has 0 bridgehead atoms. The van der Waals surface area contributed by atoms with Crippen LogP contribution in [-0.2, 0) is 0 Å². The van der Waals surface area contributed by atoms with Gasteiger partial charge in [-0.1, -0.05) is 6.58 Å². The number of rotatable bonds is 6. The Balaban J connectivity index is 3.76. The number of hydrogen-bond donors (Lipinski definition) is 1. The molecular formula is C8H16N4. The highest BCUT2D eigenvalue weighted by molar-refractivity contribution is 5.62. The Morgan fingerprint density at radius 2 is 2.33 bits per heavy atom. The van der Waals surface area contributed by atoms with E-state index in [4.69, 9.17) is 0 Å². The fourth-order valence-electron chi connectivity index (χ4n) is 0.615. The van der Waals surface area contributed by atoms with Crippen molar-refractivity contribution in [2.24, 2.45) is 9.98 Å². The lowest BCUT2D eigenvalue weighted by molar-refractivity contribution is 0.414. The summed E-state index contributed by atoms with van der Waals surface area (Å²) in [6, 6.07) is 0. The molecule has 0 unspecified atom stereocenters. The zero-order chi connectivity index (χ0) is 9.40. The molecule has 12 heavy (non-hydrogen) atoms. The highest BCUT2D eigenvalue weighted by atomic mass is 15.2. The van der Waals surface area contributed by atoms with E-state index in [-0.39, 0.29) is 0 Å². The van der Waals surface area contributed by atoms with Crippen LogP contribution in [0.15, 0.2) is 22.4 Å². The number of nitrogens with zero attached hydrogens (tertiary/aromatic N) is 3. The largest absolute Gasteiger partial charge is 0.359 e. The minimum Gasteiger partial charge on any atom is -0.359 e. The Morgan fingerprint density at radius 1 is 1.67 bits per heavy atom. The van der Waals surface area contributed by atoms with Crippen LogP contribution in [0.25, 0.3) is 0 Å². The molecule has 0 fully saturated rings. The molecule has 0 radical (unpaired) electrons. The summed E-state index contributed by atoms with van der Waals surface area (Å²) in [6.45, 7) is 8.83. The predicted octanol–water partition coefficient (Wildman–Crippen LogP) is 0.338. The predicted molar refractivity (Wildman–Crippen MR) is 53.7 cm³/mol. The third-order valence-electron chi connectivity index (χ3n) is 1.43. The molecule has 0 saturated carbocycles. The van der Waals surface area contributed by atoms with Crippen molar-refractivity contribution in [3.63, 3.8) is 0 Å². The number of nitrogens with one attached hydrogen (secondary N) is 1. The summed E-state index contributed by atoms with van der Waals surface area (Å²) in [7, 11) is 3.84. The monoisotopic (exact) mass is 168 g/mol. The molecule has 68 valence electrons. The van der Waals surface area contributed by atoms with Gasteiger partial charge in [0.2, 0.25) is 0 Å². The van der Waals surface area contributed by atoms with Crippen LogP contribution in [0.2, 0.25) is 0 Å². The minimum absolute atomic E-state index is 0.692. The van der Waals surface area contributed by atoms with E-state index in [1.165, 1.54) is 6.34 Å². The molecular weight excluding hydrogens is 152 g/mol. The van der Waals surface area contributed by atoms with Gasteiger partial charge in [0, 0.05) is 20.1 Å². The van der Waals surface area contributed by atoms with E-state index in [0.717, 1.165) is 13.1 Å². The van der Waals surface area contributed by atoms with Crippen molar-refractivity contribution in [3.05, 3.63) is 12.4 Å². The van der Waals surface area contributed by atoms with Crippen LogP contribution in [0.5, 0.6) is 0 Å². The summed E-state index contributed by atoms with van der Waals surface area (Å²) in [6.07, 6.45) is 1.39. The Labute approximate surface area is 73.7 Å². The molecule has 4 heteroatoms. The number of hydrogen-bond acceptors (Lipinski definition) is 3. The molecule has 0 rings (SSSR count). The highest BCUT2D eigenvalue weighted by Gasteiger charge is 1.96. The molecule has 4 nitrogen and oxygen atoms in total. The second kappa shape index (κ2) is 6.54.